The summed E-state index contributed by atoms with van der Waals surface area (Å²) in [5.74, 6) is 0. The van der Waals surface area contributed by atoms with E-state index in [1.54, 1.807) is 12.1 Å². The molecule has 1 atom stereocenters. The molecule has 8 heteroatoms. The van der Waals surface area contributed by atoms with Crippen molar-refractivity contribution >= 4 is 33.2 Å². The molecular weight excluding hydrogens is 302 g/mol. The van der Waals surface area contributed by atoms with Crippen molar-refractivity contribution in [2.24, 2.45) is 0 Å². The standard InChI is InChI=1S/C15H11N3O5/c19-17(20)9-1-3-14-12(5-9)13-6-10(18(21)22)2-4-15(13)16(14)7-11-8-23-11/h1-6,11H,7-8H2/t11-/m1/s1. The minimum atomic E-state index is -0.468. The average molecular weight is 313 g/mol. The SMILES string of the molecule is O=[N+]([O-])c1ccc2c(c1)c1cc([N+](=O)[O-])ccc1n2C[C@@H]1CO1. The van der Waals surface area contributed by atoms with Gasteiger partial charge in [0.05, 0.1) is 29.1 Å². The van der Waals surface area contributed by atoms with Crippen molar-refractivity contribution in [1.82, 2.24) is 4.57 Å². The van der Waals surface area contributed by atoms with Gasteiger partial charge in [0.15, 0.2) is 0 Å². The van der Waals surface area contributed by atoms with Gasteiger partial charge in [0.1, 0.15) is 0 Å². The highest BCUT2D eigenvalue weighted by molar-refractivity contribution is 6.09. The van der Waals surface area contributed by atoms with Crippen molar-refractivity contribution in [2.75, 3.05) is 6.61 Å². The molecular formula is C15H11N3O5. The van der Waals surface area contributed by atoms with E-state index < -0.39 is 9.85 Å². The lowest BCUT2D eigenvalue weighted by Crippen LogP contribution is -2.03. The molecule has 1 aliphatic rings. The van der Waals surface area contributed by atoms with Gasteiger partial charge in [-0.2, -0.15) is 0 Å². The number of hydrogen-bond donors (Lipinski definition) is 0. The number of rotatable bonds is 4. The first-order chi connectivity index (χ1) is 11.0. The zero-order valence-corrected chi connectivity index (χ0v) is 11.8. The van der Waals surface area contributed by atoms with Gasteiger partial charge in [0.2, 0.25) is 0 Å². The molecule has 0 amide bonds. The lowest BCUT2D eigenvalue weighted by Gasteiger charge is -2.04. The van der Waals surface area contributed by atoms with E-state index in [-0.39, 0.29) is 17.5 Å². The Kier molecular flexibility index (Phi) is 2.82. The molecule has 116 valence electrons. The molecule has 0 bridgehead atoms. The van der Waals surface area contributed by atoms with Gasteiger partial charge in [-0.05, 0) is 12.1 Å². The maximum Gasteiger partial charge on any atom is 0.270 e. The first kappa shape index (κ1) is 13.6. The first-order valence-corrected chi connectivity index (χ1v) is 7.01. The molecule has 4 rings (SSSR count). The maximum atomic E-state index is 11.0. The molecule has 0 N–H and O–H groups in total. The van der Waals surface area contributed by atoms with Crippen LogP contribution in [-0.2, 0) is 11.3 Å². The first-order valence-electron chi connectivity index (χ1n) is 7.01. The minimum absolute atomic E-state index is 0.0364. The van der Waals surface area contributed by atoms with Crippen LogP contribution in [0.1, 0.15) is 0 Å². The molecule has 0 radical (unpaired) electrons. The molecule has 0 unspecified atom stereocenters. The molecule has 1 saturated heterocycles. The molecule has 3 aromatic rings. The Morgan fingerprint density at radius 3 is 1.87 bits per heavy atom. The summed E-state index contributed by atoms with van der Waals surface area (Å²) in [6, 6.07) is 9.18. The van der Waals surface area contributed by atoms with Crippen molar-refractivity contribution in [1.29, 1.82) is 0 Å². The van der Waals surface area contributed by atoms with E-state index in [1.807, 2.05) is 4.57 Å². The van der Waals surface area contributed by atoms with Crippen LogP contribution in [0, 0.1) is 20.2 Å². The second-order valence-electron chi connectivity index (χ2n) is 5.48. The van der Waals surface area contributed by atoms with E-state index in [2.05, 4.69) is 0 Å². The summed E-state index contributed by atoms with van der Waals surface area (Å²) < 4.78 is 7.26. The molecule has 23 heavy (non-hydrogen) atoms. The van der Waals surface area contributed by atoms with Crippen LogP contribution >= 0.6 is 0 Å². The van der Waals surface area contributed by atoms with Crippen LogP contribution in [0.5, 0.6) is 0 Å². The number of benzene rings is 2. The Labute approximate surface area is 129 Å². The van der Waals surface area contributed by atoms with Crippen molar-refractivity contribution in [3.05, 3.63) is 56.6 Å². The fourth-order valence-corrected chi connectivity index (χ4v) is 2.88. The third-order valence-corrected chi connectivity index (χ3v) is 4.04. The van der Waals surface area contributed by atoms with Gasteiger partial charge in [0.25, 0.3) is 11.4 Å². The van der Waals surface area contributed by atoms with Gasteiger partial charge >= 0.3 is 0 Å². The summed E-state index contributed by atoms with van der Waals surface area (Å²) in [7, 11) is 0. The van der Waals surface area contributed by atoms with Crippen molar-refractivity contribution < 1.29 is 14.6 Å². The summed E-state index contributed by atoms with van der Waals surface area (Å²) in [5, 5.41) is 23.3. The fraction of sp³-hybridized carbons (Fsp3) is 0.200. The zero-order valence-electron chi connectivity index (χ0n) is 11.8. The molecule has 0 spiro atoms. The molecule has 2 heterocycles. The van der Waals surface area contributed by atoms with Crippen LogP contribution in [0.25, 0.3) is 21.8 Å². The van der Waals surface area contributed by atoms with Gasteiger partial charge in [-0.3, -0.25) is 20.2 Å². The van der Waals surface area contributed by atoms with E-state index in [1.165, 1.54) is 24.3 Å². The highest BCUT2D eigenvalue weighted by Gasteiger charge is 2.26. The monoisotopic (exact) mass is 313 g/mol. The van der Waals surface area contributed by atoms with Gasteiger partial charge in [-0.25, -0.2) is 0 Å². The van der Waals surface area contributed by atoms with Crippen LogP contribution in [0.15, 0.2) is 36.4 Å². The lowest BCUT2D eigenvalue weighted by atomic mass is 10.1. The number of non-ortho nitro benzene ring substituents is 2. The largest absolute Gasteiger partial charge is 0.371 e. The smallest absolute Gasteiger partial charge is 0.270 e. The van der Waals surface area contributed by atoms with Gasteiger partial charge in [-0.1, -0.05) is 0 Å². The van der Waals surface area contributed by atoms with Crippen molar-refractivity contribution in [3.63, 3.8) is 0 Å². The molecule has 0 saturated carbocycles. The number of nitrogens with zero attached hydrogens (tertiary/aromatic N) is 3. The molecule has 2 aromatic carbocycles. The Hall–Kier alpha value is -3.00. The predicted molar refractivity (Wildman–Crippen MR) is 82.5 cm³/mol. The summed E-state index contributed by atoms with van der Waals surface area (Å²) in [6.45, 7) is 1.30. The van der Waals surface area contributed by atoms with Gasteiger partial charge < -0.3 is 9.30 Å². The second-order valence-corrected chi connectivity index (χ2v) is 5.48. The number of hydrogen-bond acceptors (Lipinski definition) is 5. The highest BCUT2D eigenvalue weighted by Crippen LogP contribution is 2.34. The van der Waals surface area contributed by atoms with Crippen LogP contribution < -0.4 is 0 Å². The second kappa shape index (κ2) is 4.75. The third-order valence-electron chi connectivity index (χ3n) is 4.04. The van der Waals surface area contributed by atoms with E-state index >= 15 is 0 Å². The summed E-state index contributed by atoms with van der Waals surface area (Å²) in [6.07, 6.45) is 0.124. The van der Waals surface area contributed by atoms with E-state index in [4.69, 9.17) is 4.74 Å². The number of ether oxygens (including phenoxy) is 1. The van der Waals surface area contributed by atoms with Gasteiger partial charge in [0, 0.05) is 46.1 Å². The lowest BCUT2D eigenvalue weighted by molar-refractivity contribution is -0.385. The Morgan fingerprint density at radius 2 is 1.48 bits per heavy atom. The highest BCUT2D eigenvalue weighted by atomic mass is 16.6. The average Bonchev–Trinajstić information content (AvgIpc) is 3.30. The van der Waals surface area contributed by atoms with Crippen LogP contribution in [0.3, 0.4) is 0 Å². The van der Waals surface area contributed by atoms with Crippen LogP contribution in [-0.4, -0.2) is 27.1 Å². The Bertz CT molecular complexity index is 903. The number of nitro benzene ring substituents is 2. The third kappa shape index (κ3) is 2.20. The number of nitro groups is 2. The summed E-state index contributed by atoms with van der Waals surface area (Å²) >= 11 is 0. The minimum Gasteiger partial charge on any atom is -0.371 e. The van der Waals surface area contributed by atoms with Crippen LogP contribution in [0.4, 0.5) is 11.4 Å². The summed E-state index contributed by atoms with van der Waals surface area (Å²) in [4.78, 5) is 21.1. The van der Waals surface area contributed by atoms with E-state index in [0.717, 1.165) is 11.0 Å². The predicted octanol–water partition coefficient (Wildman–Crippen LogP) is 3.01. The number of fused-ring (bicyclic) bond motifs is 3. The normalized spacial score (nSPS) is 16.8. The quantitative estimate of drug-likeness (QED) is 0.418. The number of aromatic nitrogens is 1. The molecule has 1 aliphatic heterocycles. The van der Waals surface area contributed by atoms with Crippen molar-refractivity contribution in [3.8, 4) is 0 Å². The van der Waals surface area contributed by atoms with E-state index in [0.29, 0.717) is 23.9 Å². The topological polar surface area (TPSA) is 104 Å². The van der Waals surface area contributed by atoms with E-state index in [9.17, 15) is 20.2 Å². The zero-order chi connectivity index (χ0) is 16.1. The van der Waals surface area contributed by atoms with Crippen molar-refractivity contribution in [2.45, 2.75) is 12.6 Å². The Balaban J connectivity index is 2.04. The summed E-state index contributed by atoms with van der Waals surface area (Å²) in [5.41, 5.74) is 1.54. The number of epoxide rings is 1. The van der Waals surface area contributed by atoms with Crippen LogP contribution in [0.2, 0.25) is 0 Å². The Morgan fingerprint density at radius 1 is 1.00 bits per heavy atom. The van der Waals surface area contributed by atoms with Gasteiger partial charge in [-0.15, -0.1) is 0 Å². The maximum absolute atomic E-state index is 11.0. The molecule has 0 aliphatic carbocycles. The molecule has 1 aromatic heterocycles. The molecule has 1 fully saturated rings. The molecule has 8 nitrogen and oxygen atoms in total. The fourth-order valence-electron chi connectivity index (χ4n) is 2.88.